The van der Waals surface area contributed by atoms with Crippen molar-refractivity contribution in [1.29, 1.82) is 10.7 Å². The molecule has 0 spiro atoms. The standard InChI is InChI=1S/C21H22FN3O2/c1-26-21(27-2)9-3-4-14-11-20(25-17-7-5-16(22)6-8-17)15(12-23)10-18(14)19(21)13-24/h5-8,10-12,19,23,25H,3-4,9H2,1-2H3. The Morgan fingerprint density at radius 1 is 1.26 bits per heavy atom. The fourth-order valence-corrected chi connectivity index (χ4v) is 3.68. The zero-order valence-electron chi connectivity index (χ0n) is 15.4. The van der Waals surface area contributed by atoms with Gasteiger partial charge in [0.15, 0.2) is 5.79 Å². The van der Waals surface area contributed by atoms with Crippen molar-refractivity contribution in [3.05, 3.63) is 58.9 Å². The molecule has 0 radical (unpaired) electrons. The minimum absolute atomic E-state index is 0.304. The Kier molecular flexibility index (Phi) is 5.54. The van der Waals surface area contributed by atoms with Gasteiger partial charge in [0.05, 0.1) is 6.07 Å². The second kappa shape index (κ2) is 7.87. The zero-order valence-corrected chi connectivity index (χ0v) is 15.4. The number of methoxy groups -OCH3 is 2. The van der Waals surface area contributed by atoms with Gasteiger partial charge in [0.1, 0.15) is 11.7 Å². The Bertz CT molecular complexity index is 870. The summed E-state index contributed by atoms with van der Waals surface area (Å²) >= 11 is 0. The van der Waals surface area contributed by atoms with Gasteiger partial charge in [-0.1, -0.05) is 0 Å². The van der Waals surface area contributed by atoms with Crippen LogP contribution in [-0.2, 0) is 15.9 Å². The van der Waals surface area contributed by atoms with E-state index >= 15 is 0 Å². The maximum absolute atomic E-state index is 13.1. The Morgan fingerprint density at radius 2 is 1.96 bits per heavy atom. The van der Waals surface area contributed by atoms with Gasteiger partial charge in [0, 0.05) is 43.8 Å². The van der Waals surface area contributed by atoms with E-state index < -0.39 is 11.7 Å². The van der Waals surface area contributed by atoms with Crippen molar-refractivity contribution in [2.45, 2.75) is 31.0 Å². The highest BCUT2D eigenvalue weighted by atomic mass is 19.1. The molecule has 0 aromatic heterocycles. The third-order valence-corrected chi connectivity index (χ3v) is 5.13. The van der Waals surface area contributed by atoms with Crippen LogP contribution in [0.15, 0.2) is 36.4 Å². The number of rotatable bonds is 5. The van der Waals surface area contributed by atoms with E-state index in [2.05, 4.69) is 11.4 Å². The summed E-state index contributed by atoms with van der Waals surface area (Å²) in [5.41, 5.74) is 3.96. The lowest BCUT2D eigenvalue weighted by Crippen LogP contribution is -2.39. The normalized spacial score (nSPS) is 18.1. The van der Waals surface area contributed by atoms with E-state index in [-0.39, 0.29) is 5.82 Å². The number of halogens is 1. The summed E-state index contributed by atoms with van der Waals surface area (Å²) in [5.74, 6) is -1.89. The Labute approximate surface area is 158 Å². The lowest BCUT2D eigenvalue weighted by atomic mass is 9.87. The largest absolute Gasteiger partial charge is 0.355 e. The van der Waals surface area contributed by atoms with Crippen LogP contribution in [0.2, 0.25) is 0 Å². The summed E-state index contributed by atoms with van der Waals surface area (Å²) in [4.78, 5) is 0. The number of aryl methyl sites for hydroxylation is 1. The predicted molar refractivity (Wildman–Crippen MR) is 102 cm³/mol. The number of anilines is 2. The lowest BCUT2D eigenvalue weighted by molar-refractivity contribution is -0.216. The number of hydrogen-bond acceptors (Lipinski definition) is 5. The smallest absolute Gasteiger partial charge is 0.187 e. The summed E-state index contributed by atoms with van der Waals surface area (Å²) in [6.07, 6.45) is 3.44. The van der Waals surface area contributed by atoms with E-state index in [9.17, 15) is 9.65 Å². The minimum atomic E-state index is -0.995. The number of benzene rings is 2. The Morgan fingerprint density at radius 3 is 2.56 bits per heavy atom. The van der Waals surface area contributed by atoms with Crippen LogP contribution >= 0.6 is 0 Å². The highest BCUT2D eigenvalue weighted by molar-refractivity contribution is 5.88. The first-order valence-electron chi connectivity index (χ1n) is 8.76. The fourth-order valence-electron chi connectivity index (χ4n) is 3.68. The molecule has 1 aliphatic carbocycles. The van der Waals surface area contributed by atoms with Gasteiger partial charge in [0.2, 0.25) is 0 Å². The summed E-state index contributed by atoms with van der Waals surface area (Å²) in [6, 6.07) is 12.2. The van der Waals surface area contributed by atoms with E-state index in [0.29, 0.717) is 12.0 Å². The lowest BCUT2D eigenvalue weighted by Gasteiger charge is -2.34. The maximum atomic E-state index is 13.1. The molecule has 0 aliphatic heterocycles. The summed E-state index contributed by atoms with van der Waals surface area (Å²) in [6.45, 7) is 0. The molecule has 1 aliphatic rings. The van der Waals surface area contributed by atoms with Crippen LogP contribution in [0.5, 0.6) is 0 Å². The van der Waals surface area contributed by atoms with Gasteiger partial charge in [-0.3, -0.25) is 0 Å². The summed E-state index contributed by atoms with van der Waals surface area (Å²) in [7, 11) is 3.11. The van der Waals surface area contributed by atoms with E-state index in [1.165, 1.54) is 18.3 Å². The number of ether oxygens (including phenoxy) is 2. The van der Waals surface area contributed by atoms with Crippen LogP contribution in [0.25, 0.3) is 0 Å². The molecule has 5 nitrogen and oxygen atoms in total. The molecular weight excluding hydrogens is 345 g/mol. The molecule has 0 saturated carbocycles. The molecule has 0 saturated heterocycles. The van der Waals surface area contributed by atoms with E-state index in [0.717, 1.165) is 35.3 Å². The molecule has 2 N–H and O–H groups in total. The van der Waals surface area contributed by atoms with E-state index in [1.54, 1.807) is 26.4 Å². The average Bonchev–Trinajstić information content (AvgIpc) is 2.85. The van der Waals surface area contributed by atoms with Crippen LogP contribution in [0, 0.1) is 22.6 Å². The first kappa shape index (κ1) is 19.0. The first-order chi connectivity index (χ1) is 13.1. The van der Waals surface area contributed by atoms with Crippen LogP contribution in [-0.4, -0.2) is 26.2 Å². The number of hydrogen-bond donors (Lipinski definition) is 2. The molecule has 1 atom stereocenters. The van der Waals surface area contributed by atoms with Crippen molar-refractivity contribution in [3.8, 4) is 6.07 Å². The monoisotopic (exact) mass is 367 g/mol. The topological polar surface area (TPSA) is 78.1 Å². The third-order valence-electron chi connectivity index (χ3n) is 5.13. The van der Waals surface area contributed by atoms with Gasteiger partial charge in [-0.05, 0) is 60.4 Å². The molecule has 27 heavy (non-hydrogen) atoms. The summed E-state index contributed by atoms with van der Waals surface area (Å²) in [5, 5.41) is 20.9. The van der Waals surface area contributed by atoms with Crippen LogP contribution in [0.1, 0.15) is 35.4 Å². The van der Waals surface area contributed by atoms with Gasteiger partial charge in [-0.15, -0.1) is 0 Å². The highest BCUT2D eigenvalue weighted by Crippen LogP contribution is 2.42. The van der Waals surface area contributed by atoms with Crippen LogP contribution in [0.4, 0.5) is 15.8 Å². The van der Waals surface area contributed by atoms with Crippen LogP contribution < -0.4 is 5.32 Å². The molecule has 0 heterocycles. The first-order valence-corrected chi connectivity index (χ1v) is 8.76. The van der Waals surface area contributed by atoms with Gasteiger partial charge in [-0.2, -0.15) is 5.26 Å². The highest BCUT2D eigenvalue weighted by Gasteiger charge is 2.43. The van der Waals surface area contributed by atoms with Crippen LogP contribution in [0.3, 0.4) is 0 Å². The molecule has 0 fully saturated rings. The molecule has 0 bridgehead atoms. The van der Waals surface area contributed by atoms with Crippen molar-refractivity contribution < 1.29 is 13.9 Å². The Hall–Kier alpha value is -2.75. The second-order valence-corrected chi connectivity index (χ2v) is 6.55. The molecule has 140 valence electrons. The maximum Gasteiger partial charge on any atom is 0.187 e. The summed E-state index contributed by atoms with van der Waals surface area (Å²) < 4.78 is 24.4. The predicted octanol–water partition coefficient (Wildman–Crippen LogP) is 4.50. The number of fused-ring (bicyclic) bond motifs is 1. The molecular formula is C21H22FN3O2. The second-order valence-electron chi connectivity index (χ2n) is 6.55. The molecule has 2 aromatic rings. The fraction of sp³-hybridized carbons (Fsp3) is 0.333. The van der Waals surface area contributed by atoms with Crippen molar-refractivity contribution in [2.75, 3.05) is 19.5 Å². The average molecular weight is 367 g/mol. The van der Waals surface area contributed by atoms with E-state index in [4.69, 9.17) is 14.9 Å². The van der Waals surface area contributed by atoms with Gasteiger partial charge in [-0.25, -0.2) is 4.39 Å². The third kappa shape index (κ3) is 3.57. The van der Waals surface area contributed by atoms with Gasteiger partial charge < -0.3 is 20.2 Å². The van der Waals surface area contributed by atoms with E-state index in [1.807, 2.05) is 12.1 Å². The zero-order chi connectivity index (χ0) is 19.4. The molecule has 6 heteroatoms. The molecule has 2 aromatic carbocycles. The number of nitriles is 1. The van der Waals surface area contributed by atoms with Crippen molar-refractivity contribution in [3.63, 3.8) is 0 Å². The Balaban J connectivity index is 2.06. The van der Waals surface area contributed by atoms with Crippen molar-refractivity contribution >= 4 is 17.6 Å². The number of nitrogens with one attached hydrogen (secondary N) is 2. The molecule has 0 amide bonds. The molecule has 3 rings (SSSR count). The van der Waals surface area contributed by atoms with Gasteiger partial charge >= 0.3 is 0 Å². The number of nitrogens with zero attached hydrogens (tertiary/aromatic N) is 1. The van der Waals surface area contributed by atoms with Crippen molar-refractivity contribution in [1.82, 2.24) is 0 Å². The van der Waals surface area contributed by atoms with Crippen molar-refractivity contribution in [2.24, 2.45) is 0 Å². The van der Waals surface area contributed by atoms with Gasteiger partial charge in [0.25, 0.3) is 0 Å². The molecule has 1 unspecified atom stereocenters. The minimum Gasteiger partial charge on any atom is -0.355 e. The quantitative estimate of drug-likeness (QED) is 0.463. The SMILES string of the molecule is COC1(OC)CCCc2cc(Nc3ccc(F)cc3)c(C=N)cc2C1C#N.